The highest BCUT2D eigenvalue weighted by Gasteiger charge is 2.15. The van der Waals surface area contributed by atoms with E-state index < -0.39 is 11.8 Å². The van der Waals surface area contributed by atoms with Crippen molar-refractivity contribution in [2.75, 3.05) is 50.1 Å². The molecule has 1 aliphatic rings. The van der Waals surface area contributed by atoms with Crippen molar-refractivity contribution in [3.63, 3.8) is 0 Å². The molecule has 0 aliphatic carbocycles. The van der Waals surface area contributed by atoms with Crippen LogP contribution in [0.15, 0.2) is 54.7 Å². The molecule has 0 atom stereocenters. The smallest absolute Gasteiger partial charge is 0.340 e. The van der Waals surface area contributed by atoms with Gasteiger partial charge in [-0.05, 0) is 43.2 Å². The van der Waals surface area contributed by atoms with Crippen LogP contribution in [0.1, 0.15) is 22.8 Å². The topological polar surface area (TPSA) is 88.6 Å². The molecule has 0 spiro atoms. The van der Waals surface area contributed by atoms with E-state index in [4.69, 9.17) is 9.47 Å². The van der Waals surface area contributed by atoms with Gasteiger partial charge in [-0.2, -0.15) is 4.98 Å². The molecule has 0 bridgehead atoms. The summed E-state index contributed by atoms with van der Waals surface area (Å²) in [4.78, 5) is 22.9. The molecule has 0 amide bonds. The van der Waals surface area contributed by atoms with Gasteiger partial charge in [-0.25, -0.2) is 14.2 Å². The number of morpholine rings is 1. The van der Waals surface area contributed by atoms with Crippen molar-refractivity contribution >= 4 is 29.1 Å². The Bertz CT molecular complexity index is 1120. The third kappa shape index (κ3) is 6.27. The quantitative estimate of drug-likeness (QED) is 0.456. The third-order valence-corrected chi connectivity index (χ3v) is 5.42. The molecule has 1 saturated heterocycles. The van der Waals surface area contributed by atoms with Gasteiger partial charge in [0.15, 0.2) is 11.6 Å². The number of ether oxygens (including phenoxy) is 2. The zero-order chi connectivity index (χ0) is 23.8. The van der Waals surface area contributed by atoms with Crippen molar-refractivity contribution in [1.29, 1.82) is 0 Å². The molecular formula is C25H28FN5O3. The number of para-hydroxylation sites is 1. The fourth-order valence-corrected chi connectivity index (χ4v) is 3.67. The van der Waals surface area contributed by atoms with Crippen molar-refractivity contribution < 1.29 is 18.7 Å². The van der Waals surface area contributed by atoms with Crippen molar-refractivity contribution in [2.24, 2.45) is 0 Å². The Morgan fingerprint density at radius 3 is 2.79 bits per heavy atom. The van der Waals surface area contributed by atoms with Crippen LogP contribution >= 0.6 is 0 Å². The van der Waals surface area contributed by atoms with Crippen molar-refractivity contribution in [2.45, 2.75) is 13.3 Å². The lowest BCUT2D eigenvalue weighted by atomic mass is 10.1. The number of benzene rings is 2. The summed E-state index contributed by atoms with van der Waals surface area (Å²) < 4.78 is 25.0. The van der Waals surface area contributed by atoms with Gasteiger partial charge < -0.3 is 20.1 Å². The summed E-state index contributed by atoms with van der Waals surface area (Å²) in [6, 6.07) is 14.7. The first kappa shape index (κ1) is 23.6. The Balaban J connectivity index is 1.45. The number of rotatable bonds is 9. The third-order valence-electron chi connectivity index (χ3n) is 5.42. The number of nitrogens with zero attached hydrogens (tertiary/aromatic N) is 3. The Morgan fingerprint density at radius 2 is 1.97 bits per heavy atom. The van der Waals surface area contributed by atoms with Gasteiger partial charge in [0.1, 0.15) is 0 Å². The van der Waals surface area contributed by atoms with Crippen LogP contribution in [0.25, 0.3) is 0 Å². The molecular weight excluding hydrogens is 437 g/mol. The molecule has 3 aromatic rings. The molecule has 0 saturated carbocycles. The second kappa shape index (κ2) is 11.5. The molecule has 0 radical (unpaired) electrons. The lowest BCUT2D eigenvalue weighted by Crippen LogP contribution is -2.37. The SMILES string of the molecule is CCOC(=O)c1ccccc1Nc1nc(Nc2cccc(CCN3CCOCC3)c2)ncc1F. The number of halogens is 1. The molecule has 2 aromatic carbocycles. The van der Waals surface area contributed by atoms with Crippen LogP contribution in [0.3, 0.4) is 0 Å². The van der Waals surface area contributed by atoms with Crippen LogP contribution in [0.5, 0.6) is 0 Å². The maximum atomic E-state index is 14.5. The van der Waals surface area contributed by atoms with Gasteiger partial charge >= 0.3 is 5.97 Å². The standard InChI is InChI=1S/C25H28FN5O3/c1-2-34-24(32)20-8-3-4-9-22(20)29-23-21(26)17-27-25(30-23)28-19-7-5-6-18(16-19)10-11-31-12-14-33-15-13-31/h3-9,16-17H,2,10-15H2,1H3,(H2,27,28,29,30). The maximum absolute atomic E-state index is 14.5. The normalized spacial score (nSPS) is 13.9. The van der Waals surface area contributed by atoms with Gasteiger partial charge in [0, 0.05) is 25.3 Å². The molecule has 1 aromatic heterocycles. The summed E-state index contributed by atoms with van der Waals surface area (Å²) in [5.41, 5.74) is 2.68. The maximum Gasteiger partial charge on any atom is 0.340 e. The Morgan fingerprint density at radius 1 is 1.15 bits per heavy atom. The Labute approximate surface area is 198 Å². The van der Waals surface area contributed by atoms with E-state index in [1.165, 1.54) is 5.56 Å². The van der Waals surface area contributed by atoms with Crippen LogP contribution in [-0.4, -0.2) is 60.3 Å². The molecule has 2 heterocycles. The average molecular weight is 466 g/mol. The molecule has 34 heavy (non-hydrogen) atoms. The van der Waals surface area contributed by atoms with Gasteiger partial charge in [-0.15, -0.1) is 0 Å². The molecule has 0 unspecified atom stereocenters. The van der Waals surface area contributed by atoms with Gasteiger partial charge in [0.05, 0.1) is 37.3 Å². The number of aromatic nitrogens is 2. The first-order chi connectivity index (χ1) is 16.6. The van der Waals surface area contributed by atoms with E-state index in [0.29, 0.717) is 11.3 Å². The molecule has 9 heteroatoms. The highest BCUT2D eigenvalue weighted by molar-refractivity contribution is 5.96. The van der Waals surface area contributed by atoms with Crippen molar-refractivity contribution in [3.05, 3.63) is 71.7 Å². The minimum Gasteiger partial charge on any atom is -0.462 e. The fourth-order valence-electron chi connectivity index (χ4n) is 3.67. The van der Waals surface area contributed by atoms with Crippen molar-refractivity contribution in [1.82, 2.24) is 14.9 Å². The van der Waals surface area contributed by atoms with Crippen LogP contribution in [0.4, 0.5) is 27.5 Å². The van der Waals surface area contributed by atoms with E-state index in [0.717, 1.165) is 51.2 Å². The predicted molar refractivity (Wildman–Crippen MR) is 128 cm³/mol. The minimum absolute atomic E-state index is 0.0438. The van der Waals surface area contributed by atoms with E-state index in [1.807, 2.05) is 18.2 Å². The van der Waals surface area contributed by atoms with E-state index in [1.54, 1.807) is 31.2 Å². The van der Waals surface area contributed by atoms with E-state index in [-0.39, 0.29) is 18.4 Å². The van der Waals surface area contributed by atoms with Gasteiger partial charge in [-0.1, -0.05) is 24.3 Å². The average Bonchev–Trinajstić information content (AvgIpc) is 2.86. The number of hydrogen-bond acceptors (Lipinski definition) is 8. The highest BCUT2D eigenvalue weighted by Crippen LogP contribution is 2.24. The molecule has 178 valence electrons. The Kier molecular flexibility index (Phi) is 8.00. The number of carbonyl (C=O) groups excluding carboxylic acids is 1. The van der Waals surface area contributed by atoms with Crippen molar-refractivity contribution in [3.8, 4) is 0 Å². The second-order valence-corrected chi connectivity index (χ2v) is 7.81. The number of carbonyl (C=O) groups is 1. The lowest BCUT2D eigenvalue weighted by Gasteiger charge is -2.26. The summed E-state index contributed by atoms with van der Waals surface area (Å²) in [5, 5.41) is 6.03. The number of nitrogens with one attached hydrogen (secondary N) is 2. The number of anilines is 4. The molecule has 8 nitrogen and oxygen atoms in total. The lowest BCUT2D eigenvalue weighted by molar-refractivity contribution is 0.0384. The summed E-state index contributed by atoms with van der Waals surface area (Å²) >= 11 is 0. The molecule has 1 aliphatic heterocycles. The van der Waals surface area contributed by atoms with Crippen LogP contribution in [0, 0.1) is 5.82 Å². The minimum atomic E-state index is -0.636. The highest BCUT2D eigenvalue weighted by atomic mass is 19.1. The van der Waals surface area contributed by atoms with Gasteiger partial charge in [0.25, 0.3) is 0 Å². The summed E-state index contributed by atoms with van der Waals surface area (Å²) in [5.74, 6) is -0.934. The molecule has 2 N–H and O–H groups in total. The fraction of sp³-hybridized carbons (Fsp3) is 0.320. The predicted octanol–water partition coefficient (Wildman–Crippen LogP) is 4.15. The van der Waals surface area contributed by atoms with Crippen LogP contribution in [-0.2, 0) is 15.9 Å². The molecule has 4 rings (SSSR count). The number of hydrogen-bond donors (Lipinski definition) is 2. The largest absolute Gasteiger partial charge is 0.462 e. The summed E-state index contributed by atoms with van der Waals surface area (Å²) in [7, 11) is 0. The Hall–Kier alpha value is -3.56. The van der Waals surface area contributed by atoms with Gasteiger partial charge in [-0.3, -0.25) is 4.90 Å². The van der Waals surface area contributed by atoms with Gasteiger partial charge in [0.2, 0.25) is 5.95 Å². The van der Waals surface area contributed by atoms with E-state index in [2.05, 4.69) is 31.6 Å². The zero-order valence-electron chi connectivity index (χ0n) is 19.1. The summed E-state index contributed by atoms with van der Waals surface area (Å²) in [6.45, 7) is 6.41. The second-order valence-electron chi connectivity index (χ2n) is 7.81. The molecule has 1 fully saturated rings. The first-order valence-corrected chi connectivity index (χ1v) is 11.3. The monoisotopic (exact) mass is 465 g/mol. The van der Waals surface area contributed by atoms with Crippen LogP contribution in [0.2, 0.25) is 0 Å². The van der Waals surface area contributed by atoms with Crippen LogP contribution < -0.4 is 10.6 Å². The van der Waals surface area contributed by atoms with E-state index >= 15 is 0 Å². The number of esters is 1. The first-order valence-electron chi connectivity index (χ1n) is 11.3. The summed E-state index contributed by atoms with van der Waals surface area (Å²) in [6.07, 6.45) is 2.00. The van der Waals surface area contributed by atoms with E-state index in [9.17, 15) is 9.18 Å². The zero-order valence-corrected chi connectivity index (χ0v) is 19.1.